The van der Waals surface area contributed by atoms with Crippen LogP contribution in [0.3, 0.4) is 0 Å². The largest absolute Gasteiger partial charge is 0.393 e. The summed E-state index contributed by atoms with van der Waals surface area (Å²) in [5.41, 5.74) is 0. The summed E-state index contributed by atoms with van der Waals surface area (Å²) in [4.78, 5) is 0. The normalized spacial score (nSPS) is 34.1. The van der Waals surface area contributed by atoms with Crippen LogP contribution in [0.15, 0.2) is 0 Å². The molecular formula is C10H20O. The first-order valence-electron chi connectivity index (χ1n) is 4.93. The molecule has 1 aliphatic rings. The van der Waals surface area contributed by atoms with Crippen LogP contribution in [0.25, 0.3) is 0 Å². The Hall–Kier alpha value is -0.0400. The highest BCUT2D eigenvalue weighted by Crippen LogP contribution is 2.33. The maximum Gasteiger partial charge on any atom is 0.0570 e. The first kappa shape index (κ1) is 9.05. The Kier molecular flexibility index (Phi) is 3.38. The molecule has 66 valence electrons. The van der Waals surface area contributed by atoms with E-state index in [-0.39, 0.29) is 6.10 Å². The molecule has 0 spiro atoms. The van der Waals surface area contributed by atoms with Crippen molar-refractivity contribution < 1.29 is 5.11 Å². The van der Waals surface area contributed by atoms with Crippen LogP contribution in [0.4, 0.5) is 0 Å². The first-order valence-corrected chi connectivity index (χ1v) is 4.93. The van der Waals surface area contributed by atoms with Crippen molar-refractivity contribution >= 4 is 0 Å². The van der Waals surface area contributed by atoms with Crippen LogP contribution in [0.1, 0.15) is 46.0 Å². The van der Waals surface area contributed by atoms with Crippen LogP contribution in [0.2, 0.25) is 0 Å². The van der Waals surface area contributed by atoms with Gasteiger partial charge in [-0.15, -0.1) is 0 Å². The summed E-state index contributed by atoms with van der Waals surface area (Å²) in [6, 6.07) is 0. The van der Waals surface area contributed by atoms with E-state index < -0.39 is 0 Å². The van der Waals surface area contributed by atoms with Crippen molar-refractivity contribution in [3.63, 3.8) is 0 Å². The Balaban J connectivity index is 2.33. The first-order chi connectivity index (χ1) is 5.25. The van der Waals surface area contributed by atoms with Crippen molar-refractivity contribution in [2.75, 3.05) is 0 Å². The average molecular weight is 156 g/mol. The second-order valence-corrected chi connectivity index (χ2v) is 3.93. The molecule has 0 aromatic rings. The number of hydrogen-bond donors (Lipinski definition) is 1. The Bertz CT molecular complexity index is 111. The summed E-state index contributed by atoms with van der Waals surface area (Å²) in [5, 5.41) is 9.59. The lowest BCUT2D eigenvalue weighted by atomic mass is 9.88. The van der Waals surface area contributed by atoms with Gasteiger partial charge in [-0.2, -0.15) is 0 Å². The van der Waals surface area contributed by atoms with Crippen molar-refractivity contribution in [3.8, 4) is 0 Å². The van der Waals surface area contributed by atoms with Crippen LogP contribution < -0.4 is 0 Å². The molecule has 0 bridgehead atoms. The minimum Gasteiger partial charge on any atom is -0.393 e. The van der Waals surface area contributed by atoms with Gasteiger partial charge in [-0.05, 0) is 24.7 Å². The summed E-state index contributed by atoms with van der Waals surface area (Å²) in [7, 11) is 0. The summed E-state index contributed by atoms with van der Waals surface area (Å²) in [6.07, 6.45) is 6.07. The van der Waals surface area contributed by atoms with E-state index in [4.69, 9.17) is 0 Å². The fraction of sp³-hybridized carbons (Fsp3) is 1.00. The second-order valence-electron chi connectivity index (χ2n) is 3.93. The molecule has 0 aliphatic heterocycles. The minimum atomic E-state index is 0.0107. The van der Waals surface area contributed by atoms with Crippen molar-refractivity contribution in [1.82, 2.24) is 0 Å². The van der Waals surface area contributed by atoms with Crippen LogP contribution in [0, 0.1) is 11.8 Å². The molecule has 1 aliphatic carbocycles. The van der Waals surface area contributed by atoms with E-state index in [2.05, 4.69) is 13.8 Å². The predicted molar refractivity (Wildman–Crippen MR) is 47.4 cm³/mol. The number of rotatable bonds is 3. The van der Waals surface area contributed by atoms with E-state index in [0.29, 0.717) is 5.92 Å². The van der Waals surface area contributed by atoms with Crippen LogP contribution in [-0.2, 0) is 0 Å². The van der Waals surface area contributed by atoms with Crippen molar-refractivity contribution in [2.45, 2.75) is 52.1 Å². The third-order valence-electron chi connectivity index (χ3n) is 3.01. The smallest absolute Gasteiger partial charge is 0.0570 e. The van der Waals surface area contributed by atoms with E-state index in [1.165, 1.54) is 25.7 Å². The molecule has 0 aromatic heterocycles. The molecular weight excluding hydrogens is 136 g/mol. The molecule has 1 nitrogen and oxygen atoms in total. The van der Waals surface area contributed by atoms with Gasteiger partial charge < -0.3 is 5.11 Å². The van der Waals surface area contributed by atoms with Gasteiger partial charge in [0.05, 0.1) is 6.10 Å². The molecule has 0 aromatic carbocycles. The molecule has 0 radical (unpaired) electrons. The SMILES string of the molecule is CCCC(C)[C@@H]1CCC[C@H]1O. The maximum atomic E-state index is 9.59. The van der Waals surface area contributed by atoms with Crippen LogP contribution in [-0.4, -0.2) is 11.2 Å². The zero-order chi connectivity index (χ0) is 8.27. The molecule has 1 unspecified atom stereocenters. The Morgan fingerprint density at radius 2 is 2.18 bits per heavy atom. The van der Waals surface area contributed by atoms with Gasteiger partial charge in [-0.1, -0.05) is 33.1 Å². The molecule has 0 heterocycles. The molecule has 0 saturated heterocycles. The predicted octanol–water partition coefficient (Wildman–Crippen LogP) is 2.58. The fourth-order valence-corrected chi connectivity index (χ4v) is 2.30. The fourth-order valence-electron chi connectivity index (χ4n) is 2.30. The third kappa shape index (κ3) is 2.19. The van der Waals surface area contributed by atoms with Gasteiger partial charge >= 0.3 is 0 Å². The molecule has 0 amide bonds. The van der Waals surface area contributed by atoms with Gasteiger partial charge in [0.1, 0.15) is 0 Å². The lowest BCUT2D eigenvalue weighted by Gasteiger charge is -2.21. The quantitative estimate of drug-likeness (QED) is 0.666. The number of aliphatic hydroxyl groups excluding tert-OH is 1. The summed E-state index contributed by atoms with van der Waals surface area (Å²) in [6.45, 7) is 4.50. The standard InChI is InChI=1S/C10H20O/c1-3-5-8(2)9-6-4-7-10(9)11/h8-11H,3-7H2,1-2H3/t8?,9-,10+/m0/s1. The lowest BCUT2D eigenvalue weighted by Crippen LogP contribution is -2.20. The Labute approximate surface area is 69.8 Å². The van der Waals surface area contributed by atoms with E-state index in [1.807, 2.05) is 0 Å². The zero-order valence-corrected chi connectivity index (χ0v) is 7.71. The molecule has 1 saturated carbocycles. The summed E-state index contributed by atoms with van der Waals surface area (Å²) < 4.78 is 0. The molecule has 3 atom stereocenters. The highest BCUT2D eigenvalue weighted by atomic mass is 16.3. The summed E-state index contributed by atoms with van der Waals surface area (Å²) in [5.74, 6) is 1.34. The maximum absolute atomic E-state index is 9.59. The van der Waals surface area contributed by atoms with Gasteiger partial charge in [-0.3, -0.25) is 0 Å². The van der Waals surface area contributed by atoms with E-state index in [9.17, 15) is 5.11 Å². The van der Waals surface area contributed by atoms with Crippen molar-refractivity contribution in [2.24, 2.45) is 11.8 Å². The van der Waals surface area contributed by atoms with E-state index >= 15 is 0 Å². The van der Waals surface area contributed by atoms with Crippen LogP contribution >= 0.6 is 0 Å². The molecule has 1 fully saturated rings. The zero-order valence-electron chi connectivity index (χ0n) is 7.71. The Morgan fingerprint density at radius 1 is 1.45 bits per heavy atom. The summed E-state index contributed by atoms with van der Waals surface area (Å²) >= 11 is 0. The molecule has 11 heavy (non-hydrogen) atoms. The molecule has 1 rings (SSSR count). The average Bonchev–Trinajstić information content (AvgIpc) is 2.36. The van der Waals surface area contributed by atoms with Crippen LogP contribution in [0.5, 0.6) is 0 Å². The number of aliphatic hydroxyl groups is 1. The molecule has 1 N–H and O–H groups in total. The van der Waals surface area contributed by atoms with Crippen molar-refractivity contribution in [1.29, 1.82) is 0 Å². The van der Waals surface area contributed by atoms with Gasteiger partial charge in [0.2, 0.25) is 0 Å². The van der Waals surface area contributed by atoms with Gasteiger partial charge in [0.25, 0.3) is 0 Å². The monoisotopic (exact) mass is 156 g/mol. The third-order valence-corrected chi connectivity index (χ3v) is 3.01. The minimum absolute atomic E-state index is 0.0107. The Morgan fingerprint density at radius 3 is 2.64 bits per heavy atom. The number of hydrogen-bond acceptors (Lipinski definition) is 1. The highest BCUT2D eigenvalue weighted by molar-refractivity contribution is 4.80. The van der Waals surface area contributed by atoms with Gasteiger partial charge in [0, 0.05) is 0 Å². The van der Waals surface area contributed by atoms with E-state index in [1.54, 1.807) is 0 Å². The topological polar surface area (TPSA) is 20.2 Å². The highest BCUT2D eigenvalue weighted by Gasteiger charge is 2.28. The van der Waals surface area contributed by atoms with Crippen molar-refractivity contribution in [3.05, 3.63) is 0 Å². The van der Waals surface area contributed by atoms with E-state index in [0.717, 1.165) is 12.3 Å². The second kappa shape index (κ2) is 4.10. The van der Waals surface area contributed by atoms with Gasteiger partial charge in [-0.25, -0.2) is 0 Å². The van der Waals surface area contributed by atoms with Gasteiger partial charge in [0.15, 0.2) is 0 Å². The molecule has 1 heteroatoms. The lowest BCUT2D eigenvalue weighted by molar-refractivity contribution is 0.0999.